The van der Waals surface area contributed by atoms with Gasteiger partial charge >= 0.3 is 0 Å². The molecule has 1 atom stereocenters. The molecule has 1 amide bonds. The number of hydrogen-bond acceptors (Lipinski definition) is 4. The number of carbonyl (C=O) groups is 1. The van der Waals surface area contributed by atoms with Gasteiger partial charge in [0, 0.05) is 11.0 Å². The first-order chi connectivity index (χ1) is 8.50. The van der Waals surface area contributed by atoms with Crippen LogP contribution in [0.2, 0.25) is 0 Å². The van der Waals surface area contributed by atoms with E-state index in [-0.39, 0.29) is 11.7 Å². The third-order valence-corrected chi connectivity index (χ3v) is 3.97. The molecule has 0 aromatic heterocycles. The topological polar surface area (TPSA) is 72.5 Å². The quantitative estimate of drug-likeness (QED) is 0.876. The Balaban J connectivity index is 2.06. The molecule has 96 valence electrons. The largest absolute Gasteiger partial charge is 0.497 e. The van der Waals surface area contributed by atoms with Crippen LogP contribution >= 0.6 is 0 Å². The maximum Gasteiger partial charge on any atom is 0.251 e. The summed E-state index contributed by atoms with van der Waals surface area (Å²) in [6, 6.07) is 6.22. The minimum atomic E-state index is -3.16. The van der Waals surface area contributed by atoms with Gasteiger partial charge in [-0.3, -0.25) is 4.79 Å². The molecule has 0 aliphatic carbocycles. The van der Waals surface area contributed by atoms with Gasteiger partial charge in [0.05, 0.1) is 18.9 Å². The number of nitrogens with one attached hydrogen (secondary N) is 1. The van der Waals surface area contributed by atoms with Crippen molar-refractivity contribution < 1.29 is 17.9 Å². The van der Waals surface area contributed by atoms with Crippen LogP contribution in [-0.2, 0) is 9.84 Å². The average molecular weight is 267 g/mol. The van der Waals surface area contributed by atoms with Gasteiger partial charge in [0.15, 0.2) is 9.84 Å². The SMILES string of the molecule is COc1cccc(C(=O)N[C@@H]2C=CS(=O)(=O)C2)c1. The molecule has 1 aromatic rings. The zero-order valence-electron chi connectivity index (χ0n) is 9.79. The number of methoxy groups -OCH3 is 1. The van der Waals surface area contributed by atoms with Gasteiger partial charge in [-0.1, -0.05) is 6.07 Å². The normalized spacial score (nSPS) is 20.6. The van der Waals surface area contributed by atoms with E-state index in [0.29, 0.717) is 11.3 Å². The van der Waals surface area contributed by atoms with E-state index in [0.717, 1.165) is 5.41 Å². The van der Waals surface area contributed by atoms with Gasteiger partial charge in [-0.25, -0.2) is 8.42 Å². The average Bonchev–Trinajstić information content (AvgIpc) is 2.68. The summed E-state index contributed by atoms with van der Waals surface area (Å²) >= 11 is 0. The van der Waals surface area contributed by atoms with Crippen LogP contribution in [0.5, 0.6) is 5.75 Å². The second kappa shape index (κ2) is 4.81. The fourth-order valence-corrected chi connectivity index (χ4v) is 2.92. The van der Waals surface area contributed by atoms with Crippen molar-refractivity contribution >= 4 is 15.7 Å². The first-order valence-electron chi connectivity index (χ1n) is 5.36. The number of sulfone groups is 1. The lowest BCUT2D eigenvalue weighted by atomic mass is 10.2. The predicted octanol–water partition coefficient (Wildman–Crippen LogP) is 0.736. The zero-order valence-corrected chi connectivity index (χ0v) is 10.6. The van der Waals surface area contributed by atoms with E-state index in [4.69, 9.17) is 4.74 Å². The van der Waals surface area contributed by atoms with Crippen LogP contribution in [0, 0.1) is 0 Å². The Bertz CT molecular complexity index is 592. The molecular formula is C12H13NO4S. The Hall–Kier alpha value is -1.82. The monoisotopic (exact) mass is 267 g/mol. The molecule has 2 rings (SSSR count). The van der Waals surface area contributed by atoms with Crippen LogP contribution in [0.15, 0.2) is 35.7 Å². The number of amides is 1. The third kappa shape index (κ3) is 2.89. The van der Waals surface area contributed by atoms with E-state index in [9.17, 15) is 13.2 Å². The Morgan fingerprint density at radius 1 is 1.44 bits per heavy atom. The summed E-state index contributed by atoms with van der Waals surface area (Å²) in [7, 11) is -1.64. The number of ether oxygens (including phenoxy) is 1. The third-order valence-electron chi connectivity index (χ3n) is 2.58. The number of rotatable bonds is 3. The molecule has 1 aliphatic rings. The smallest absolute Gasteiger partial charge is 0.251 e. The van der Waals surface area contributed by atoms with Gasteiger partial charge in [0.2, 0.25) is 0 Å². The van der Waals surface area contributed by atoms with Crippen molar-refractivity contribution in [3.8, 4) is 5.75 Å². The van der Waals surface area contributed by atoms with Gasteiger partial charge in [-0.15, -0.1) is 0 Å². The molecule has 0 unspecified atom stereocenters. The van der Waals surface area contributed by atoms with E-state index in [2.05, 4.69) is 5.32 Å². The van der Waals surface area contributed by atoms with Crippen LogP contribution in [0.4, 0.5) is 0 Å². The van der Waals surface area contributed by atoms with E-state index in [1.165, 1.54) is 13.2 Å². The van der Waals surface area contributed by atoms with Crippen molar-refractivity contribution in [3.05, 3.63) is 41.3 Å². The molecule has 5 nitrogen and oxygen atoms in total. The maximum atomic E-state index is 11.9. The number of carbonyl (C=O) groups excluding carboxylic acids is 1. The van der Waals surface area contributed by atoms with Crippen LogP contribution in [0.25, 0.3) is 0 Å². The van der Waals surface area contributed by atoms with Gasteiger partial charge < -0.3 is 10.1 Å². The fraction of sp³-hybridized carbons (Fsp3) is 0.250. The lowest BCUT2D eigenvalue weighted by molar-refractivity contribution is 0.0947. The molecule has 0 saturated heterocycles. The van der Waals surface area contributed by atoms with Crippen LogP contribution in [0.3, 0.4) is 0 Å². The summed E-state index contributed by atoms with van der Waals surface area (Å²) in [6.07, 6.45) is 1.48. The summed E-state index contributed by atoms with van der Waals surface area (Å²) in [6.45, 7) is 0. The molecule has 0 radical (unpaired) electrons. The Morgan fingerprint density at radius 3 is 2.83 bits per heavy atom. The molecule has 0 fully saturated rings. The van der Waals surface area contributed by atoms with Crippen molar-refractivity contribution in [2.24, 2.45) is 0 Å². The Labute approximate surface area is 105 Å². The first-order valence-corrected chi connectivity index (χ1v) is 7.07. The highest BCUT2D eigenvalue weighted by Crippen LogP contribution is 2.13. The van der Waals surface area contributed by atoms with Crippen molar-refractivity contribution in [1.82, 2.24) is 5.32 Å². The lowest BCUT2D eigenvalue weighted by Crippen LogP contribution is -2.35. The van der Waals surface area contributed by atoms with Gasteiger partial charge in [-0.2, -0.15) is 0 Å². The highest BCUT2D eigenvalue weighted by atomic mass is 32.2. The summed E-state index contributed by atoms with van der Waals surface area (Å²) in [5.74, 6) is 0.181. The molecule has 0 spiro atoms. The number of benzene rings is 1. The van der Waals surface area contributed by atoms with E-state index in [1.807, 2.05) is 0 Å². The van der Waals surface area contributed by atoms with Crippen molar-refractivity contribution in [2.45, 2.75) is 6.04 Å². The summed E-state index contributed by atoms with van der Waals surface area (Å²) in [4.78, 5) is 11.9. The summed E-state index contributed by atoms with van der Waals surface area (Å²) < 4.78 is 27.4. The highest BCUT2D eigenvalue weighted by molar-refractivity contribution is 7.94. The van der Waals surface area contributed by atoms with Crippen molar-refractivity contribution in [3.63, 3.8) is 0 Å². The molecule has 0 bridgehead atoms. The molecule has 1 aromatic carbocycles. The number of hydrogen-bond donors (Lipinski definition) is 1. The Kier molecular flexibility index (Phi) is 3.38. The Morgan fingerprint density at radius 2 is 2.22 bits per heavy atom. The van der Waals surface area contributed by atoms with Crippen molar-refractivity contribution in [1.29, 1.82) is 0 Å². The van der Waals surface area contributed by atoms with E-state index in [1.54, 1.807) is 24.3 Å². The van der Waals surface area contributed by atoms with E-state index < -0.39 is 15.9 Å². The minimum absolute atomic E-state index is 0.0806. The fourth-order valence-electron chi connectivity index (χ4n) is 1.68. The molecule has 1 N–H and O–H groups in total. The predicted molar refractivity (Wildman–Crippen MR) is 67.2 cm³/mol. The molecule has 6 heteroatoms. The second-order valence-corrected chi connectivity index (χ2v) is 5.90. The van der Waals surface area contributed by atoms with Crippen LogP contribution in [-0.4, -0.2) is 33.2 Å². The lowest BCUT2D eigenvalue weighted by Gasteiger charge is -2.10. The minimum Gasteiger partial charge on any atom is -0.497 e. The van der Waals surface area contributed by atoms with Gasteiger partial charge in [-0.05, 0) is 24.3 Å². The summed E-state index contributed by atoms with van der Waals surface area (Å²) in [5.41, 5.74) is 0.437. The maximum absolute atomic E-state index is 11.9. The standard InChI is InChI=1S/C12H13NO4S/c1-17-11-4-2-3-9(7-11)12(14)13-10-5-6-18(15,16)8-10/h2-7,10H,8H2,1H3,(H,13,14)/t10-/m1/s1. The second-order valence-electron chi connectivity index (χ2n) is 3.97. The summed E-state index contributed by atoms with van der Waals surface area (Å²) in [5, 5.41) is 3.77. The highest BCUT2D eigenvalue weighted by Gasteiger charge is 2.23. The zero-order chi connectivity index (χ0) is 13.2. The van der Waals surface area contributed by atoms with Crippen LogP contribution < -0.4 is 10.1 Å². The molecule has 1 aliphatic heterocycles. The first kappa shape index (κ1) is 12.6. The van der Waals surface area contributed by atoms with Crippen molar-refractivity contribution in [2.75, 3.05) is 12.9 Å². The molecule has 18 heavy (non-hydrogen) atoms. The van der Waals surface area contributed by atoms with Crippen LogP contribution in [0.1, 0.15) is 10.4 Å². The van der Waals surface area contributed by atoms with Gasteiger partial charge in [0.1, 0.15) is 5.75 Å². The molecule has 0 saturated carbocycles. The van der Waals surface area contributed by atoms with Gasteiger partial charge in [0.25, 0.3) is 5.91 Å². The molecular weight excluding hydrogens is 254 g/mol. The molecule has 1 heterocycles. The van der Waals surface area contributed by atoms with E-state index >= 15 is 0 Å².